The van der Waals surface area contributed by atoms with Gasteiger partial charge in [0.1, 0.15) is 23.4 Å². The molecule has 4 rings (SSSR count). The number of anilines is 1. The summed E-state index contributed by atoms with van der Waals surface area (Å²) in [5.41, 5.74) is 2.16. The second kappa shape index (κ2) is 9.82. The molecule has 0 aromatic heterocycles. The summed E-state index contributed by atoms with van der Waals surface area (Å²) < 4.78 is 51.3. The molecule has 1 atom stereocenters. The van der Waals surface area contributed by atoms with Crippen molar-refractivity contribution in [1.29, 1.82) is 0 Å². The Balaban J connectivity index is 1.57. The maximum atomic E-state index is 13.3. The molecule has 9 heteroatoms. The molecule has 178 valence electrons. The van der Waals surface area contributed by atoms with Gasteiger partial charge in [-0.3, -0.25) is 4.79 Å². The van der Waals surface area contributed by atoms with E-state index in [-0.39, 0.29) is 11.4 Å². The number of carbonyl (C=O) groups is 1. The number of hydrogen-bond donors (Lipinski definition) is 1. The van der Waals surface area contributed by atoms with E-state index in [2.05, 4.69) is 5.32 Å². The van der Waals surface area contributed by atoms with Crippen molar-refractivity contribution < 1.29 is 27.1 Å². The first kappa shape index (κ1) is 23.7. The number of carbonyl (C=O) groups excluding carboxylic acids is 1. The molecule has 1 aliphatic heterocycles. The summed E-state index contributed by atoms with van der Waals surface area (Å²) in [6.07, 6.45) is 0.950. The van der Waals surface area contributed by atoms with Crippen LogP contribution in [0.5, 0.6) is 11.5 Å². The molecule has 1 N–H and O–H groups in total. The van der Waals surface area contributed by atoms with E-state index >= 15 is 0 Å². The smallest absolute Gasteiger partial charge is 0.243 e. The minimum atomic E-state index is -3.94. The van der Waals surface area contributed by atoms with Crippen molar-refractivity contribution >= 4 is 21.6 Å². The predicted molar refractivity (Wildman–Crippen MR) is 127 cm³/mol. The van der Waals surface area contributed by atoms with Gasteiger partial charge in [-0.25, -0.2) is 12.8 Å². The lowest BCUT2D eigenvalue weighted by molar-refractivity contribution is -0.119. The standard InChI is InChI=1S/C25H25FN2O5S/c1-32-20-10-5-17(6-11-20)22-16-19(9-14-24(22)33-2)27-25(29)23-4-3-15-28(23)34(30,31)21-12-7-18(26)8-13-21/h5-14,16,23H,3-4,15H2,1-2H3,(H,27,29). The van der Waals surface area contributed by atoms with Gasteiger partial charge < -0.3 is 14.8 Å². The molecule has 1 heterocycles. The lowest BCUT2D eigenvalue weighted by Crippen LogP contribution is -2.43. The van der Waals surface area contributed by atoms with Gasteiger partial charge in [-0.2, -0.15) is 4.31 Å². The summed E-state index contributed by atoms with van der Waals surface area (Å²) >= 11 is 0. The Morgan fingerprint density at radius 1 is 1.00 bits per heavy atom. The first-order chi connectivity index (χ1) is 16.3. The lowest BCUT2D eigenvalue weighted by Gasteiger charge is -2.23. The maximum absolute atomic E-state index is 13.3. The number of nitrogens with zero attached hydrogens (tertiary/aromatic N) is 1. The van der Waals surface area contributed by atoms with Gasteiger partial charge in [0, 0.05) is 17.8 Å². The van der Waals surface area contributed by atoms with Gasteiger partial charge in [0.15, 0.2) is 0 Å². The maximum Gasteiger partial charge on any atom is 0.243 e. The van der Waals surface area contributed by atoms with Crippen LogP contribution in [0.2, 0.25) is 0 Å². The second-order valence-corrected chi connectivity index (χ2v) is 9.75. The van der Waals surface area contributed by atoms with Gasteiger partial charge in [-0.15, -0.1) is 0 Å². The summed E-state index contributed by atoms with van der Waals surface area (Å²) in [4.78, 5) is 13.1. The van der Waals surface area contributed by atoms with E-state index in [0.29, 0.717) is 24.3 Å². The van der Waals surface area contributed by atoms with E-state index in [1.54, 1.807) is 32.4 Å². The molecule has 7 nitrogen and oxygen atoms in total. The number of rotatable bonds is 7. The molecular formula is C25H25FN2O5S. The van der Waals surface area contributed by atoms with Crippen LogP contribution in [0.15, 0.2) is 71.6 Å². The molecular weight excluding hydrogens is 459 g/mol. The molecule has 1 unspecified atom stereocenters. The van der Waals surface area contributed by atoms with Crippen LogP contribution in [0.3, 0.4) is 0 Å². The zero-order valence-electron chi connectivity index (χ0n) is 18.8. The van der Waals surface area contributed by atoms with Crippen molar-refractivity contribution in [2.45, 2.75) is 23.8 Å². The Morgan fingerprint density at radius 2 is 1.71 bits per heavy atom. The van der Waals surface area contributed by atoms with Crippen molar-refractivity contribution in [3.63, 3.8) is 0 Å². The van der Waals surface area contributed by atoms with Crippen LogP contribution in [0, 0.1) is 5.82 Å². The average molecular weight is 485 g/mol. The number of amides is 1. The Bertz CT molecular complexity index is 1280. The number of benzene rings is 3. The predicted octanol–water partition coefficient (Wildman–Crippen LogP) is 4.30. The van der Waals surface area contributed by atoms with Crippen LogP contribution < -0.4 is 14.8 Å². The monoisotopic (exact) mass is 484 g/mol. The second-order valence-electron chi connectivity index (χ2n) is 7.86. The third-order valence-electron chi connectivity index (χ3n) is 5.79. The van der Waals surface area contributed by atoms with Gasteiger partial charge in [0.05, 0.1) is 19.1 Å². The Labute approximate surface area is 198 Å². The fraction of sp³-hybridized carbons (Fsp3) is 0.240. The summed E-state index contributed by atoms with van der Waals surface area (Å²) in [6.45, 7) is 0.220. The molecule has 3 aromatic rings. The molecule has 0 aliphatic carbocycles. The fourth-order valence-electron chi connectivity index (χ4n) is 4.04. The highest BCUT2D eigenvalue weighted by atomic mass is 32.2. The molecule has 1 aliphatic rings. The molecule has 0 radical (unpaired) electrons. The Morgan fingerprint density at radius 3 is 2.35 bits per heavy atom. The lowest BCUT2D eigenvalue weighted by atomic mass is 10.0. The number of sulfonamides is 1. The van der Waals surface area contributed by atoms with Gasteiger partial charge in [-0.1, -0.05) is 12.1 Å². The average Bonchev–Trinajstić information content (AvgIpc) is 3.36. The van der Waals surface area contributed by atoms with E-state index in [9.17, 15) is 17.6 Å². The first-order valence-corrected chi connectivity index (χ1v) is 12.2. The summed E-state index contributed by atoms with van der Waals surface area (Å²) in [5, 5.41) is 2.85. The van der Waals surface area contributed by atoms with Crippen LogP contribution in [0.25, 0.3) is 11.1 Å². The minimum Gasteiger partial charge on any atom is -0.497 e. The molecule has 0 saturated carbocycles. The molecule has 1 fully saturated rings. The molecule has 0 bridgehead atoms. The number of halogens is 1. The topological polar surface area (TPSA) is 84.9 Å². The van der Waals surface area contributed by atoms with Crippen molar-refractivity contribution in [3.8, 4) is 22.6 Å². The zero-order chi connectivity index (χ0) is 24.3. The zero-order valence-corrected chi connectivity index (χ0v) is 19.6. The number of hydrogen-bond acceptors (Lipinski definition) is 5. The third-order valence-corrected chi connectivity index (χ3v) is 7.72. The fourth-order valence-corrected chi connectivity index (χ4v) is 5.70. The van der Waals surface area contributed by atoms with Gasteiger partial charge >= 0.3 is 0 Å². The summed E-state index contributed by atoms with van der Waals surface area (Å²) in [5.74, 6) is 0.399. The normalized spacial score (nSPS) is 16.3. The van der Waals surface area contributed by atoms with Crippen LogP contribution in [-0.2, 0) is 14.8 Å². The first-order valence-electron chi connectivity index (χ1n) is 10.7. The highest BCUT2D eigenvalue weighted by Gasteiger charge is 2.39. The van der Waals surface area contributed by atoms with E-state index in [0.717, 1.165) is 29.0 Å². The number of nitrogens with one attached hydrogen (secondary N) is 1. The Hall–Kier alpha value is -3.43. The number of ether oxygens (including phenoxy) is 2. The van der Waals surface area contributed by atoms with Crippen LogP contribution in [0.1, 0.15) is 12.8 Å². The van der Waals surface area contributed by atoms with Crippen LogP contribution in [0.4, 0.5) is 10.1 Å². The quantitative estimate of drug-likeness (QED) is 0.541. The van der Waals surface area contributed by atoms with Crippen LogP contribution in [-0.4, -0.2) is 45.4 Å². The van der Waals surface area contributed by atoms with Gasteiger partial charge in [0.25, 0.3) is 0 Å². The Kier molecular flexibility index (Phi) is 6.85. The molecule has 0 spiro atoms. The third kappa shape index (κ3) is 4.76. The van der Waals surface area contributed by atoms with Crippen molar-refractivity contribution in [2.24, 2.45) is 0 Å². The summed E-state index contributed by atoms with van der Waals surface area (Å²) in [7, 11) is -0.778. The van der Waals surface area contributed by atoms with Crippen molar-refractivity contribution in [3.05, 3.63) is 72.5 Å². The SMILES string of the molecule is COc1ccc(-c2cc(NC(=O)C3CCCN3S(=O)(=O)c3ccc(F)cc3)ccc2OC)cc1. The van der Waals surface area contributed by atoms with Gasteiger partial charge in [-0.05, 0) is 73.0 Å². The van der Waals surface area contributed by atoms with Crippen LogP contribution >= 0.6 is 0 Å². The molecule has 3 aromatic carbocycles. The molecule has 1 saturated heterocycles. The highest BCUT2D eigenvalue weighted by Crippen LogP contribution is 2.34. The van der Waals surface area contributed by atoms with Crippen molar-refractivity contribution in [2.75, 3.05) is 26.1 Å². The van der Waals surface area contributed by atoms with E-state index in [4.69, 9.17) is 9.47 Å². The van der Waals surface area contributed by atoms with Gasteiger partial charge in [0.2, 0.25) is 15.9 Å². The largest absolute Gasteiger partial charge is 0.497 e. The minimum absolute atomic E-state index is 0.0418. The molecule has 1 amide bonds. The molecule has 34 heavy (non-hydrogen) atoms. The number of methoxy groups -OCH3 is 2. The van der Waals surface area contributed by atoms with E-state index in [1.807, 2.05) is 24.3 Å². The highest BCUT2D eigenvalue weighted by molar-refractivity contribution is 7.89. The summed E-state index contributed by atoms with van der Waals surface area (Å²) in [6, 6.07) is 16.4. The van der Waals surface area contributed by atoms with Crippen molar-refractivity contribution in [1.82, 2.24) is 4.31 Å². The van der Waals surface area contributed by atoms with E-state index in [1.165, 1.54) is 16.4 Å². The van der Waals surface area contributed by atoms with E-state index < -0.39 is 27.8 Å².